The van der Waals surface area contributed by atoms with Crippen molar-refractivity contribution in [3.05, 3.63) is 71.4 Å². The van der Waals surface area contributed by atoms with Gasteiger partial charge >= 0.3 is 0 Å². The van der Waals surface area contributed by atoms with Crippen LogP contribution in [0.2, 0.25) is 0 Å². The Labute approximate surface area is 242 Å². The molecule has 0 radical (unpaired) electrons. The Bertz CT molecular complexity index is 1310. The molecule has 0 spiro atoms. The van der Waals surface area contributed by atoms with Crippen LogP contribution in [0.15, 0.2) is 54.7 Å². The molecule has 5 rings (SSSR count). The fourth-order valence-electron chi connectivity index (χ4n) is 5.37. The number of aromatic nitrogens is 2. The smallest absolute Gasteiger partial charge is 0.229 e. The first-order chi connectivity index (χ1) is 19.9. The lowest BCUT2D eigenvalue weighted by molar-refractivity contribution is -0.130. The molecule has 2 aliphatic heterocycles. The summed E-state index contributed by atoms with van der Waals surface area (Å²) >= 11 is 0. The van der Waals surface area contributed by atoms with E-state index in [0.29, 0.717) is 44.1 Å². The van der Waals surface area contributed by atoms with Gasteiger partial charge in [-0.1, -0.05) is 24.3 Å². The molecule has 9 heteroatoms. The third kappa shape index (κ3) is 7.82. The van der Waals surface area contributed by atoms with E-state index in [9.17, 15) is 9.59 Å². The van der Waals surface area contributed by atoms with Crippen molar-refractivity contribution in [2.75, 3.05) is 62.6 Å². The van der Waals surface area contributed by atoms with Gasteiger partial charge in [-0.05, 0) is 76.0 Å². The minimum atomic E-state index is 0.0267. The number of ketones is 1. The summed E-state index contributed by atoms with van der Waals surface area (Å²) in [4.78, 5) is 40.3. The molecule has 9 nitrogen and oxygen atoms in total. The van der Waals surface area contributed by atoms with Crippen LogP contribution in [-0.2, 0) is 11.2 Å². The van der Waals surface area contributed by atoms with Crippen molar-refractivity contribution in [1.82, 2.24) is 19.8 Å². The number of aryl methyl sites for hydroxylation is 1. The molecule has 2 aliphatic rings. The largest absolute Gasteiger partial charge is 0.494 e. The number of nitrogens with one attached hydrogen (secondary N) is 1. The van der Waals surface area contributed by atoms with Gasteiger partial charge in [-0.25, -0.2) is 4.98 Å². The zero-order chi connectivity index (χ0) is 28.6. The lowest BCUT2D eigenvalue weighted by Gasteiger charge is -2.36. The Morgan fingerprint density at radius 2 is 1.63 bits per heavy atom. The molecular weight excluding hydrogens is 516 g/mol. The van der Waals surface area contributed by atoms with Crippen LogP contribution in [0.25, 0.3) is 0 Å². The molecule has 3 heterocycles. The van der Waals surface area contributed by atoms with Gasteiger partial charge in [-0.15, -0.1) is 0 Å². The van der Waals surface area contributed by atoms with Gasteiger partial charge < -0.3 is 24.8 Å². The first-order valence-electron chi connectivity index (χ1n) is 14.6. The van der Waals surface area contributed by atoms with E-state index in [0.717, 1.165) is 48.0 Å². The number of ether oxygens (including phenoxy) is 1. The van der Waals surface area contributed by atoms with E-state index >= 15 is 0 Å². The van der Waals surface area contributed by atoms with E-state index < -0.39 is 0 Å². The summed E-state index contributed by atoms with van der Waals surface area (Å²) in [7, 11) is 0. The topological polar surface area (TPSA) is 90.9 Å². The second-order valence-corrected chi connectivity index (χ2v) is 10.9. The zero-order valence-corrected chi connectivity index (χ0v) is 24.1. The Morgan fingerprint density at radius 1 is 0.927 bits per heavy atom. The lowest BCUT2D eigenvalue weighted by atomic mass is 10.1. The molecule has 2 aromatic carbocycles. The lowest BCUT2D eigenvalue weighted by Crippen LogP contribution is -2.49. The van der Waals surface area contributed by atoms with Crippen molar-refractivity contribution in [1.29, 1.82) is 0 Å². The maximum Gasteiger partial charge on any atom is 0.229 e. The van der Waals surface area contributed by atoms with Crippen LogP contribution in [0.3, 0.4) is 0 Å². The predicted octanol–water partition coefficient (Wildman–Crippen LogP) is 4.49. The monoisotopic (exact) mass is 556 g/mol. The van der Waals surface area contributed by atoms with Crippen molar-refractivity contribution in [3.63, 3.8) is 0 Å². The summed E-state index contributed by atoms with van der Waals surface area (Å²) in [5, 5.41) is 3.31. The number of piperazine rings is 1. The van der Waals surface area contributed by atoms with Crippen LogP contribution in [-0.4, -0.2) is 83.9 Å². The van der Waals surface area contributed by atoms with Gasteiger partial charge in [0.25, 0.3) is 0 Å². The van der Waals surface area contributed by atoms with Gasteiger partial charge in [-0.2, -0.15) is 4.98 Å². The molecule has 3 aromatic rings. The van der Waals surface area contributed by atoms with Crippen molar-refractivity contribution in [3.8, 4) is 5.75 Å². The third-order valence-electron chi connectivity index (χ3n) is 7.79. The van der Waals surface area contributed by atoms with Crippen LogP contribution in [0.1, 0.15) is 47.7 Å². The van der Waals surface area contributed by atoms with Gasteiger partial charge in [0.05, 0.1) is 13.0 Å². The molecule has 216 valence electrons. The average molecular weight is 557 g/mol. The van der Waals surface area contributed by atoms with Gasteiger partial charge in [0.2, 0.25) is 11.9 Å². The second kappa shape index (κ2) is 13.6. The maximum absolute atomic E-state index is 12.9. The summed E-state index contributed by atoms with van der Waals surface area (Å²) in [5.74, 6) is 2.41. The highest BCUT2D eigenvalue weighted by Gasteiger charge is 2.23. The first kappa shape index (κ1) is 28.5. The van der Waals surface area contributed by atoms with E-state index in [2.05, 4.69) is 20.1 Å². The van der Waals surface area contributed by atoms with Gasteiger partial charge in [0.15, 0.2) is 5.78 Å². The first-order valence-corrected chi connectivity index (χ1v) is 14.6. The number of benzene rings is 2. The molecule has 0 aliphatic carbocycles. The highest BCUT2D eigenvalue weighted by molar-refractivity contribution is 5.94. The van der Waals surface area contributed by atoms with E-state index in [1.165, 1.54) is 25.9 Å². The number of carbonyl (C=O) groups excluding carboxylic acids is 2. The number of likely N-dealkylation sites (tertiary alicyclic amines) is 1. The molecule has 1 N–H and O–H groups in total. The van der Waals surface area contributed by atoms with E-state index in [4.69, 9.17) is 9.72 Å². The highest BCUT2D eigenvalue weighted by Crippen LogP contribution is 2.23. The number of carbonyl (C=O) groups is 2. The molecule has 0 atom stereocenters. The van der Waals surface area contributed by atoms with E-state index in [1.807, 2.05) is 54.4 Å². The summed E-state index contributed by atoms with van der Waals surface area (Å²) in [6.07, 6.45) is 5.85. The zero-order valence-electron chi connectivity index (χ0n) is 24.1. The minimum Gasteiger partial charge on any atom is -0.494 e. The van der Waals surface area contributed by atoms with Crippen LogP contribution in [0.4, 0.5) is 17.5 Å². The Balaban J connectivity index is 1.10. The summed E-state index contributed by atoms with van der Waals surface area (Å²) in [6.45, 7) is 10.5. The second-order valence-electron chi connectivity index (χ2n) is 10.9. The Morgan fingerprint density at radius 3 is 2.32 bits per heavy atom. The quantitative estimate of drug-likeness (QED) is 0.273. The van der Waals surface area contributed by atoms with Gasteiger partial charge in [0.1, 0.15) is 11.6 Å². The maximum atomic E-state index is 12.9. The van der Waals surface area contributed by atoms with Crippen LogP contribution >= 0.6 is 0 Å². The fourth-order valence-corrected chi connectivity index (χ4v) is 5.37. The van der Waals surface area contributed by atoms with E-state index in [1.54, 1.807) is 19.1 Å². The normalized spacial score (nSPS) is 15.7. The standard InChI is InChI=1S/C32H40N6O3/c1-24-23-33-32(34-28-10-12-29(13-11-28)41-21-5-16-36-14-3-4-15-36)35-31(24)38-19-17-37(18-20-38)30(40)22-26-6-8-27(9-7-26)25(2)39/h6-13,23H,3-5,14-22H2,1-2H3,(H,33,34,35). The third-order valence-corrected chi connectivity index (χ3v) is 7.79. The van der Waals surface area contributed by atoms with Crippen molar-refractivity contribution in [2.45, 2.75) is 39.5 Å². The van der Waals surface area contributed by atoms with Gasteiger partial charge in [-0.3, -0.25) is 9.59 Å². The van der Waals surface area contributed by atoms with Gasteiger partial charge in [0, 0.05) is 55.7 Å². The number of rotatable bonds is 11. The molecular formula is C32H40N6O3. The number of hydrogen-bond acceptors (Lipinski definition) is 8. The molecule has 2 saturated heterocycles. The molecule has 2 fully saturated rings. The molecule has 0 unspecified atom stereocenters. The number of Topliss-reactive ketones (excluding diaryl/α,β-unsaturated/α-hetero) is 1. The minimum absolute atomic E-state index is 0.0267. The number of hydrogen-bond donors (Lipinski definition) is 1. The number of anilines is 3. The SMILES string of the molecule is CC(=O)c1ccc(CC(=O)N2CCN(c3nc(Nc4ccc(OCCCN5CCCC5)cc4)ncc3C)CC2)cc1. The highest BCUT2D eigenvalue weighted by atomic mass is 16.5. The summed E-state index contributed by atoms with van der Waals surface area (Å²) in [6, 6.07) is 15.2. The predicted molar refractivity (Wildman–Crippen MR) is 161 cm³/mol. The summed E-state index contributed by atoms with van der Waals surface area (Å²) < 4.78 is 5.92. The van der Waals surface area contributed by atoms with Crippen LogP contribution in [0.5, 0.6) is 5.75 Å². The number of amides is 1. The molecule has 1 amide bonds. The van der Waals surface area contributed by atoms with E-state index in [-0.39, 0.29) is 11.7 Å². The molecule has 41 heavy (non-hydrogen) atoms. The Hall–Kier alpha value is -3.98. The molecule has 0 saturated carbocycles. The van der Waals surface area contributed by atoms with Crippen molar-refractivity contribution in [2.24, 2.45) is 0 Å². The van der Waals surface area contributed by atoms with Crippen molar-refractivity contribution < 1.29 is 14.3 Å². The number of nitrogens with zero attached hydrogens (tertiary/aromatic N) is 5. The van der Waals surface area contributed by atoms with Crippen molar-refractivity contribution >= 4 is 29.1 Å². The van der Waals surface area contributed by atoms with Crippen LogP contribution < -0.4 is 15.0 Å². The fraction of sp³-hybridized carbons (Fsp3) is 0.438. The Kier molecular flexibility index (Phi) is 9.46. The molecule has 0 bridgehead atoms. The molecule has 1 aromatic heterocycles. The summed E-state index contributed by atoms with van der Waals surface area (Å²) in [5.41, 5.74) is 3.48. The van der Waals surface area contributed by atoms with Crippen LogP contribution in [0, 0.1) is 6.92 Å². The average Bonchev–Trinajstić information content (AvgIpc) is 3.51.